The van der Waals surface area contributed by atoms with E-state index in [1.54, 1.807) is 30.6 Å². The van der Waals surface area contributed by atoms with Gasteiger partial charge >= 0.3 is 5.69 Å². The molecule has 5 N–H and O–H groups in total. The number of aromatic nitrogens is 4. The number of nitrogens with two attached hydrogens (primary N) is 2. The van der Waals surface area contributed by atoms with Gasteiger partial charge in [0.05, 0.1) is 0 Å². The molecule has 2 aromatic heterocycles. The molecule has 0 radical (unpaired) electrons. The summed E-state index contributed by atoms with van der Waals surface area (Å²) in [6.45, 7) is 0.611. The number of hydrogen-bond acceptors (Lipinski definition) is 4. The van der Waals surface area contributed by atoms with Crippen LogP contribution in [0, 0.1) is 5.41 Å². The predicted octanol–water partition coefficient (Wildman–Crippen LogP) is -1.57. The molecule has 0 aliphatic heterocycles. The molecule has 2 aromatic rings. The molecule has 0 saturated carbocycles. The van der Waals surface area contributed by atoms with Crippen LogP contribution in [0.5, 0.6) is 0 Å². The zero-order valence-electron chi connectivity index (χ0n) is 15.5. The van der Waals surface area contributed by atoms with Crippen molar-refractivity contribution in [2.45, 2.75) is 19.3 Å². The van der Waals surface area contributed by atoms with Gasteiger partial charge in [0.25, 0.3) is 5.56 Å². The summed E-state index contributed by atoms with van der Waals surface area (Å²) in [6, 6.07) is 0. The Bertz CT molecular complexity index is 976. The number of unbranched alkanes of at least 4 members (excludes halogenated alkanes) is 1. The van der Waals surface area contributed by atoms with Crippen LogP contribution in [0.4, 0.5) is 0 Å². The summed E-state index contributed by atoms with van der Waals surface area (Å²) in [5.41, 5.74) is 10.6. The highest BCUT2D eigenvalue weighted by molar-refractivity contribution is 5.91. The van der Waals surface area contributed by atoms with E-state index in [1.165, 1.54) is 11.6 Å². The number of aliphatic imine (C=N–C) groups is 1. The van der Waals surface area contributed by atoms with E-state index in [4.69, 9.17) is 16.9 Å². The number of hydrogen-bond donors (Lipinski definition) is 3. The van der Waals surface area contributed by atoms with Gasteiger partial charge in [-0.05, 0) is 12.8 Å². The minimum Gasteiger partial charge on any atom is -0.370 e. The van der Waals surface area contributed by atoms with Gasteiger partial charge in [-0.1, -0.05) is 0 Å². The number of rotatable bonds is 5. The molecule has 11 nitrogen and oxygen atoms in total. The molecule has 142 valence electrons. The molecule has 0 fully saturated rings. The molecule has 0 saturated heterocycles. The molecule has 0 aliphatic rings. The SMILES string of the molecule is CN(CCCCc1nc2c(c(=O)n(C)c(=O)n2C)n1C)C(=N)N=C(N)N. The Labute approximate surface area is 150 Å². The molecule has 0 aromatic carbocycles. The van der Waals surface area contributed by atoms with Gasteiger partial charge in [-0.2, -0.15) is 4.99 Å². The molecule has 0 amide bonds. The number of nitrogens with zero attached hydrogens (tertiary/aromatic N) is 6. The van der Waals surface area contributed by atoms with Crippen molar-refractivity contribution in [2.75, 3.05) is 13.6 Å². The molecule has 0 aliphatic carbocycles. The molecule has 11 heteroatoms. The van der Waals surface area contributed by atoms with Crippen LogP contribution < -0.4 is 22.7 Å². The Kier molecular flexibility index (Phi) is 5.48. The van der Waals surface area contributed by atoms with Crippen LogP contribution in [0.1, 0.15) is 18.7 Å². The number of imidazole rings is 1. The average Bonchev–Trinajstić information content (AvgIpc) is 2.91. The number of aryl methyl sites for hydroxylation is 3. The van der Waals surface area contributed by atoms with Gasteiger partial charge in [-0.25, -0.2) is 9.78 Å². The fourth-order valence-corrected chi connectivity index (χ4v) is 2.73. The average molecular weight is 363 g/mol. The fraction of sp³-hybridized carbons (Fsp3) is 0.533. The van der Waals surface area contributed by atoms with Crippen molar-refractivity contribution < 1.29 is 0 Å². The summed E-state index contributed by atoms with van der Waals surface area (Å²) in [6.07, 6.45) is 2.23. The second-order valence-electron chi connectivity index (χ2n) is 6.20. The van der Waals surface area contributed by atoms with Crippen LogP contribution in [-0.4, -0.2) is 49.1 Å². The zero-order chi connectivity index (χ0) is 19.6. The molecule has 2 rings (SSSR count). The monoisotopic (exact) mass is 363 g/mol. The standard InChI is InChI=1S/C15H25N9O2/c1-21(14(18)20-13(16)17)8-6-5-7-9-19-11-10(22(9)2)12(25)24(4)15(26)23(11)3/h5-8H2,1-4H3,(H5,16,17,18,20). The molecule has 0 unspecified atom stereocenters. The van der Waals surface area contributed by atoms with Crippen LogP contribution in [0.25, 0.3) is 11.2 Å². The van der Waals surface area contributed by atoms with Crippen LogP contribution in [0.15, 0.2) is 14.6 Å². The maximum Gasteiger partial charge on any atom is 0.332 e. The van der Waals surface area contributed by atoms with E-state index >= 15 is 0 Å². The van der Waals surface area contributed by atoms with Crippen molar-refractivity contribution in [1.82, 2.24) is 23.6 Å². The lowest BCUT2D eigenvalue weighted by Gasteiger charge is -2.16. The van der Waals surface area contributed by atoms with Gasteiger partial charge in [0.15, 0.2) is 17.1 Å². The number of fused-ring (bicyclic) bond motifs is 1. The lowest BCUT2D eigenvalue weighted by atomic mass is 10.2. The van der Waals surface area contributed by atoms with Crippen molar-refractivity contribution in [1.29, 1.82) is 5.41 Å². The second kappa shape index (κ2) is 7.42. The van der Waals surface area contributed by atoms with Gasteiger partial charge in [-0.3, -0.25) is 19.3 Å². The first kappa shape index (κ1) is 19.2. The van der Waals surface area contributed by atoms with E-state index in [1.807, 2.05) is 0 Å². The third-order valence-electron chi connectivity index (χ3n) is 4.31. The Morgan fingerprint density at radius 1 is 1.15 bits per heavy atom. The molecular formula is C15H25N9O2. The molecule has 2 heterocycles. The number of guanidine groups is 2. The Morgan fingerprint density at radius 3 is 2.42 bits per heavy atom. The van der Waals surface area contributed by atoms with Crippen molar-refractivity contribution >= 4 is 23.1 Å². The summed E-state index contributed by atoms with van der Waals surface area (Å²) in [5, 5.41) is 7.71. The first-order valence-electron chi connectivity index (χ1n) is 8.15. The van der Waals surface area contributed by atoms with E-state index in [-0.39, 0.29) is 17.5 Å². The third-order valence-corrected chi connectivity index (χ3v) is 4.31. The van der Waals surface area contributed by atoms with Gasteiger partial charge in [0, 0.05) is 41.2 Å². The Morgan fingerprint density at radius 2 is 1.81 bits per heavy atom. The maximum absolute atomic E-state index is 12.3. The second-order valence-corrected chi connectivity index (χ2v) is 6.20. The van der Waals surface area contributed by atoms with Gasteiger partial charge in [0.1, 0.15) is 5.82 Å². The highest BCUT2D eigenvalue weighted by Crippen LogP contribution is 2.11. The van der Waals surface area contributed by atoms with E-state index in [9.17, 15) is 9.59 Å². The normalized spacial score (nSPS) is 10.9. The first-order chi connectivity index (χ1) is 12.1. The highest BCUT2D eigenvalue weighted by Gasteiger charge is 2.16. The van der Waals surface area contributed by atoms with Crippen molar-refractivity contribution in [3.8, 4) is 0 Å². The van der Waals surface area contributed by atoms with E-state index in [0.29, 0.717) is 24.1 Å². The maximum atomic E-state index is 12.3. The minimum atomic E-state index is -0.396. The smallest absolute Gasteiger partial charge is 0.332 e. The first-order valence-corrected chi connectivity index (χ1v) is 8.15. The highest BCUT2D eigenvalue weighted by atomic mass is 16.2. The minimum absolute atomic E-state index is 0.00577. The topological polar surface area (TPSA) is 153 Å². The summed E-state index contributed by atoms with van der Waals surface area (Å²) in [5.74, 6) is 0.597. The lowest BCUT2D eigenvalue weighted by Crippen LogP contribution is -2.37. The van der Waals surface area contributed by atoms with E-state index in [2.05, 4.69) is 9.98 Å². The molecule has 0 bridgehead atoms. The summed E-state index contributed by atoms with van der Waals surface area (Å²) >= 11 is 0. The third kappa shape index (κ3) is 3.60. The van der Waals surface area contributed by atoms with Crippen LogP contribution in [0.2, 0.25) is 0 Å². The van der Waals surface area contributed by atoms with E-state index in [0.717, 1.165) is 23.2 Å². The largest absolute Gasteiger partial charge is 0.370 e. The predicted molar refractivity (Wildman–Crippen MR) is 100 cm³/mol. The van der Waals surface area contributed by atoms with E-state index < -0.39 is 5.69 Å². The molecule has 0 spiro atoms. The zero-order valence-corrected chi connectivity index (χ0v) is 15.5. The van der Waals surface area contributed by atoms with Gasteiger partial charge < -0.3 is 20.9 Å². The van der Waals surface area contributed by atoms with Crippen LogP contribution >= 0.6 is 0 Å². The van der Waals surface area contributed by atoms with Crippen molar-refractivity contribution in [3.63, 3.8) is 0 Å². The lowest BCUT2D eigenvalue weighted by molar-refractivity contribution is 0.468. The number of nitrogens with one attached hydrogen (secondary N) is 1. The fourth-order valence-electron chi connectivity index (χ4n) is 2.73. The van der Waals surface area contributed by atoms with Crippen molar-refractivity contribution in [3.05, 3.63) is 26.7 Å². The summed E-state index contributed by atoms with van der Waals surface area (Å²) in [4.78, 5) is 34.2. The molecule has 26 heavy (non-hydrogen) atoms. The summed E-state index contributed by atoms with van der Waals surface area (Å²) in [7, 11) is 6.57. The van der Waals surface area contributed by atoms with Crippen LogP contribution in [-0.2, 0) is 27.6 Å². The van der Waals surface area contributed by atoms with Gasteiger partial charge in [-0.15, -0.1) is 0 Å². The Hall–Kier alpha value is -3.11. The van der Waals surface area contributed by atoms with Crippen molar-refractivity contribution in [2.24, 2.45) is 37.6 Å². The Balaban J connectivity index is 2.10. The summed E-state index contributed by atoms with van der Waals surface area (Å²) < 4.78 is 4.20. The van der Waals surface area contributed by atoms with Crippen LogP contribution in [0.3, 0.4) is 0 Å². The molecular weight excluding hydrogens is 338 g/mol. The van der Waals surface area contributed by atoms with Gasteiger partial charge in [0.2, 0.25) is 5.96 Å². The molecule has 0 atom stereocenters. The quantitative estimate of drug-likeness (QED) is 0.331.